The monoisotopic (exact) mass is 666 g/mol. The van der Waals surface area contributed by atoms with Crippen LogP contribution in [0.4, 0.5) is 0 Å². The van der Waals surface area contributed by atoms with Crippen molar-refractivity contribution < 1.29 is 0 Å². The summed E-state index contributed by atoms with van der Waals surface area (Å²) in [7, 11) is 0. The highest BCUT2D eigenvalue weighted by Gasteiger charge is 2.19. The van der Waals surface area contributed by atoms with E-state index in [1.54, 1.807) is 0 Å². The third-order valence-corrected chi connectivity index (χ3v) is 11.7. The number of hydrogen-bond acceptors (Lipinski definition) is 1. The number of benzene rings is 8. The fourth-order valence-electron chi connectivity index (χ4n) is 8.33. The molecule has 3 heterocycles. The molecule has 0 radical (unpaired) electrons. The second kappa shape index (κ2) is 11.0. The average molecular weight is 667 g/mol. The molecular formula is C48H30N2S. The lowest BCUT2D eigenvalue weighted by atomic mass is 9.94. The van der Waals surface area contributed by atoms with Crippen molar-refractivity contribution in [2.75, 3.05) is 0 Å². The number of rotatable bonds is 4. The first-order valence-electron chi connectivity index (χ1n) is 17.4. The summed E-state index contributed by atoms with van der Waals surface area (Å²) in [6, 6.07) is 66.6. The highest BCUT2D eigenvalue weighted by molar-refractivity contribution is 7.26. The highest BCUT2D eigenvalue weighted by Crippen LogP contribution is 2.44. The molecular weight excluding hydrogens is 637 g/mol. The molecule has 0 fully saturated rings. The predicted octanol–water partition coefficient (Wildman–Crippen LogP) is 13.6. The molecule has 51 heavy (non-hydrogen) atoms. The molecule has 0 N–H and O–H groups in total. The molecule has 3 aromatic heterocycles. The van der Waals surface area contributed by atoms with Crippen LogP contribution < -0.4 is 0 Å². The Kier molecular flexibility index (Phi) is 6.16. The number of aromatic nitrogens is 2. The van der Waals surface area contributed by atoms with Crippen LogP contribution in [-0.2, 0) is 0 Å². The molecule has 0 amide bonds. The Hall–Kier alpha value is -6.42. The van der Waals surface area contributed by atoms with Gasteiger partial charge in [0.2, 0.25) is 0 Å². The number of nitrogens with zero attached hydrogens (tertiary/aromatic N) is 2. The van der Waals surface area contributed by atoms with E-state index in [4.69, 9.17) is 0 Å². The van der Waals surface area contributed by atoms with E-state index in [0.717, 1.165) is 0 Å². The quantitative estimate of drug-likeness (QED) is 0.177. The SMILES string of the molecule is c1ccc(-c2ccccc2-c2ccc3c(c2)sc2cccc(-n4c5ccccc5c5cc(-n6c7ccccc7c7ccccc76)ccc54)c23)cc1. The van der Waals surface area contributed by atoms with Crippen LogP contribution in [0.5, 0.6) is 0 Å². The maximum Gasteiger partial charge on any atom is 0.0555 e. The molecule has 8 aromatic carbocycles. The van der Waals surface area contributed by atoms with Gasteiger partial charge in [0.25, 0.3) is 0 Å². The molecule has 0 saturated heterocycles. The Bertz CT molecular complexity index is 3090. The minimum absolute atomic E-state index is 1.17. The second-order valence-corrected chi connectivity index (χ2v) is 14.4. The van der Waals surface area contributed by atoms with E-state index in [0.29, 0.717) is 0 Å². The Morgan fingerprint density at radius 1 is 0.333 bits per heavy atom. The van der Waals surface area contributed by atoms with E-state index in [-0.39, 0.29) is 0 Å². The summed E-state index contributed by atoms with van der Waals surface area (Å²) >= 11 is 1.88. The lowest BCUT2D eigenvalue weighted by Gasteiger charge is -2.12. The van der Waals surface area contributed by atoms with Crippen LogP contribution in [0.1, 0.15) is 0 Å². The van der Waals surface area contributed by atoms with Crippen molar-refractivity contribution in [1.82, 2.24) is 9.13 Å². The van der Waals surface area contributed by atoms with Gasteiger partial charge in [-0.25, -0.2) is 0 Å². The predicted molar refractivity (Wildman–Crippen MR) is 219 cm³/mol. The zero-order valence-corrected chi connectivity index (χ0v) is 28.4. The van der Waals surface area contributed by atoms with Gasteiger partial charge in [0, 0.05) is 47.4 Å². The summed E-state index contributed by atoms with van der Waals surface area (Å²) < 4.78 is 7.49. The molecule has 0 aliphatic carbocycles. The van der Waals surface area contributed by atoms with E-state index in [1.807, 2.05) is 11.3 Å². The van der Waals surface area contributed by atoms with E-state index >= 15 is 0 Å². The van der Waals surface area contributed by atoms with Crippen molar-refractivity contribution in [1.29, 1.82) is 0 Å². The minimum atomic E-state index is 1.17. The first-order chi connectivity index (χ1) is 25.3. The fourth-order valence-corrected chi connectivity index (χ4v) is 9.49. The maximum atomic E-state index is 2.48. The molecule has 3 heteroatoms. The molecule has 0 spiro atoms. The Balaban J connectivity index is 1.12. The molecule has 0 bridgehead atoms. The Morgan fingerprint density at radius 3 is 1.65 bits per heavy atom. The molecule has 11 aromatic rings. The van der Waals surface area contributed by atoms with Crippen LogP contribution in [-0.4, -0.2) is 9.13 Å². The van der Waals surface area contributed by atoms with Gasteiger partial charge in [0.1, 0.15) is 0 Å². The van der Waals surface area contributed by atoms with Crippen molar-refractivity contribution in [2.24, 2.45) is 0 Å². The molecule has 0 unspecified atom stereocenters. The first-order valence-corrected chi connectivity index (χ1v) is 18.3. The molecule has 238 valence electrons. The van der Waals surface area contributed by atoms with Crippen LogP contribution in [0.2, 0.25) is 0 Å². The van der Waals surface area contributed by atoms with Gasteiger partial charge in [-0.3, -0.25) is 0 Å². The van der Waals surface area contributed by atoms with Crippen LogP contribution in [0, 0.1) is 0 Å². The number of hydrogen-bond donors (Lipinski definition) is 0. The third-order valence-electron chi connectivity index (χ3n) is 10.5. The molecule has 11 rings (SSSR count). The van der Waals surface area contributed by atoms with E-state index in [1.165, 1.54) is 97.4 Å². The molecule has 0 saturated carbocycles. The maximum absolute atomic E-state index is 2.48. The Morgan fingerprint density at radius 2 is 0.922 bits per heavy atom. The molecule has 2 nitrogen and oxygen atoms in total. The normalized spacial score (nSPS) is 11.9. The largest absolute Gasteiger partial charge is 0.309 e. The van der Waals surface area contributed by atoms with E-state index in [2.05, 4.69) is 191 Å². The number of thiophene rings is 1. The van der Waals surface area contributed by atoms with E-state index in [9.17, 15) is 0 Å². The van der Waals surface area contributed by atoms with Crippen molar-refractivity contribution in [3.63, 3.8) is 0 Å². The van der Waals surface area contributed by atoms with Crippen LogP contribution >= 0.6 is 11.3 Å². The van der Waals surface area contributed by atoms with Crippen molar-refractivity contribution in [2.45, 2.75) is 0 Å². The van der Waals surface area contributed by atoms with Crippen molar-refractivity contribution >= 4 is 75.1 Å². The number of para-hydroxylation sites is 3. The van der Waals surface area contributed by atoms with E-state index < -0.39 is 0 Å². The van der Waals surface area contributed by atoms with Gasteiger partial charge in [0.15, 0.2) is 0 Å². The standard InChI is InChI=1S/C48H30N2S/c1-2-13-31(14-3-1)34-15-4-5-16-35(34)32-25-27-39-47(29-32)51-46-24-12-23-45(48(39)46)50-43-22-11-8-19-38(43)40-30-33(26-28-44(40)50)49-41-20-9-6-17-36(41)37-18-7-10-21-42(37)49/h1-30H. The smallest absolute Gasteiger partial charge is 0.0555 e. The molecule has 0 aliphatic heterocycles. The van der Waals surface area contributed by atoms with Gasteiger partial charge < -0.3 is 9.13 Å². The lowest BCUT2D eigenvalue weighted by Crippen LogP contribution is -1.96. The zero-order valence-electron chi connectivity index (χ0n) is 27.6. The topological polar surface area (TPSA) is 9.86 Å². The zero-order chi connectivity index (χ0) is 33.5. The highest BCUT2D eigenvalue weighted by atomic mass is 32.1. The summed E-state index contributed by atoms with van der Waals surface area (Å²) in [5.41, 5.74) is 12.2. The summed E-state index contributed by atoms with van der Waals surface area (Å²) in [5.74, 6) is 0. The van der Waals surface area contributed by atoms with Gasteiger partial charge >= 0.3 is 0 Å². The fraction of sp³-hybridized carbons (Fsp3) is 0. The summed E-state index contributed by atoms with van der Waals surface area (Å²) in [6.45, 7) is 0. The third kappa shape index (κ3) is 4.22. The number of fused-ring (bicyclic) bond motifs is 9. The Labute approximate surface area is 298 Å². The lowest BCUT2D eigenvalue weighted by molar-refractivity contribution is 1.17. The summed E-state index contributed by atoms with van der Waals surface area (Å²) in [4.78, 5) is 0. The van der Waals surface area contributed by atoms with Gasteiger partial charge in [-0.2, -0.15) is 0 Å². The van der Waals surface area contributed by atoms with Crippen molar-refractivity contribution in [3.05, 3.63) is 182 Å². The van der Waals surface area contributed by atoms with Gasteiger partial charge in [-0.15, -0.1) is 11.3 Å². The van der Waals surface area contributed by atoms with Gasteiger partial charge in [-0.1, -0.05) is 127 Å². The van der Waals surface area contributed by atoms with Gasteiger partial charge in [-0.05, 0) is 76.9 Å². The van der Waals surface area contributed by atoms with Gasteiger partial charge in [0.05, 0.1) is 27.8 Å². The first kappa shape index (κ1) is 28.4. The minimum Gasteiger partial charge on any atom is -0.309 e. The van der Waals surface area contributed by atoms with Crippen LogP contribution in [0.15, 0.2) is 182 Å². The van der Waals surface area contributed by atoms with Crippen LogP contribution in [0.25, 0.3) is 97.4 Å². The van der Waals surface area contributed by atoms with Crippen LogP contribution in [0.3, 0.4) is 0 Å². The molecule has 0 atom stereocenters. The summed E-state index contributed by atoms with van der Waals surface area (Å²) in [6.07, 6.45) is 0. The second-order valence-electron chi connectivity index (χ2n) is 13.3. The van der Waals surface area contributed by atoms with Crippen molar-refractivity contribution in [3.8, 4) is 33.6 Å². The summed E-state index contributed by atoms with van der Waals surface area (Å²) in [5, 5.41) is 7.65. The average Bonchev–Trinajstić information content (AvgIpc) is 3.85. The molecule has 0 aliphatic rings.